The molecule has 0 bridgehead atoms. The van der Waals surface area contributed by atoms with Crippen LogP contribution in [0.15, 0.2) is 65.1 Å². The van der Waals surface area contributed by atoms with Crippen LogP contribution in [-0.4, -0.2) is 30.9 Å². The van der Waals surface area contributed by atoms with Crippen molar-refractivity contribution in [2.24, 2.45) is 0 Å². The van der Waals surface area contributed by atoms with Crippen LogP contribution in [0, 0.1) is 5.82 Å². The van der Waals surface area contributed by atoms with Crippen molar-refractivity contribution in [3.05, 3.63) is 72.2 Å². The first-order valence-corrected chi connectivity index (χ1v) is 8.99. The number of ether oxygens (including phenoxy) is 1. The summed E-state index contributed by atoms with van der Waals surface area (Å²) < 4.78 is 24.5. The minimum absolute atomic E-state index is 0.110. The first-order valence-electron chi connectivity index (χ1n) is 8.99. The molecule has 8 nitrogen and oxygen atoms in total. The van der Waals surface area contributed by atoms with Crippen LogP contribution < -0.4 is 20.5 Å². The Bertz CT molecular complexity index is 1130. The van der Waals surface area contributed by atoms with Crippen molar-refractivity contribution in [2.45, 2.75) is 0 Å². The molecule has 30 heavy (non-hydrogen) atoms. The number of anilines is 1. The van der Waals surface area contributed by atoms with Crippen LogP contribution in [0.5, 0.6) is 5.75 Å². The van der Waals surface area contributed by atoms with E-state index in [1.165, 1.54) is 29.2 Å². The van der Waals surface area contributed by atoms with E-state index in [4.69, 9.17) is 9.15 Å². The fraction of sp³-hybridized carbons (Fsp3) is 0.0952. The van der Waals surface area contributed by atoms with E-state index in [0.717, 1.165) is 0 Å². The van der Waals surface area contributed by atoms with Crippen LogP contribution in [0.4, 0.5) is 10.1 Å². The number of rotatable bonds is 4. The number of nitrogens with zero attached hydrogens (tertiary/aromatic N) is 1. The summed E-state index contributed by atoms with van der Waals surface area (Å²) in [6, 6.07) is 15.6. The van der Waals surface area contributed by atoms with E-state index in [1.807, 2.05) is 0 Å². The second-order valence-corrected chi connectivity index (χ2v) is 6.38. The van der Waals surface area contributed by atoms with Crippen LogP contribution in [0.25, 0.3) is 11.3 Å². The van der Waals surface area contributed by atoms with Gasteiger partial charge in [0, 0.05) is 0 Å². The molecule has 3 amide bonds. The van der Waals surface area contributed by atoms with Crippen molar-refractivity contribution in [2.75, 3.05) is 18.1 Å². The van der Waals surface area contributed by atoms with Gasteiger partial charge in [-0.15, -0.1) is 0 Å². The molecule has 0 fully saturated rings. The number of nitrogens with one attached hydrogen (secondary N) is 2. The average Bonchev–Trinajstić information content (AvgIpc) is 3.24. The Balaban J connectivity index is 1.37. The van der Waals surface area contributed by atoms with E-state index < -0.39 is 17.6 Å². The molecule has 0 unspecified atom stereocenters. The lowest BCUT2D eigenvalue weighted by molar-refractivity contribution is -0.125. The summed E-state index contributed by atoms with van der Waals surface area (Å²) in [5.74, 6) is -1.64. The Labute approximate surface area is 170 Å². The fourth-order valence-electron chi connectivity index (χ4n) is 2.96. The van der Waals surface area contributed by atoms with Gasteiger partial charge in [-0.05, 0) is 36.4 Å². The van der Waals surface area contributed by atoms with Crippen molar-refractivity contribution < 1.29 is 27.9 Å². The van der Waals surface area contributed by atoms with Gasteiger partial charge in [0.05, 0.1) is 11.3 Å². The van der Waals surface area contributed by atoms with Crippen LogP contribution >= 0.6 is 0 Å². The molecule has 0 spiro atoms. The molecule has 9 heteroatoms. The van der Waals surface area contributed by atoms with Gasteiger partial charge in [0.15, 0.2) is 12.4 Å². The zero-order valence-corrected chi connectivity index (χ0v) is 15.6. The van der Waals surface area contributed by atoms with Gasteiger partial charge in [-0.3, -0.25) is 30.1 Å². The number of benzene rings is 2. The third kappa shape index (κ3) is 3.86. The zero-order valence-electron chi connectivity index (χ0n) is 15.6. The molecule has 0 saturated carbocycles. The number of halogens is 1. The normalized spacial score (nSPS) is 12.7. The number of amides is 3. The summed E-state index contributed by atoms with van der Waals surface area (Å²) >= 11 is 0. The van der Waals surface area contributed by atoms with Crippen molar-refractivity contribution >= 4 is 23.4 Å². The third-order valence-corrected chi connectivity index (χ3v) is 4.39. The molecule has 4 rings (SSSR count). The maximum Gasteiger partial charge on any atom is 0.305 e. The number of furan rings is 1. The minimum Gasteiger partial charge on any atom is -0.482 e. The minimum atomic E-state index is -0.723. The van der Waals surface area contributed by atoms with Crippen molar-refractivity contribution in [3.63, 3.8) is 0 Å². The Hall–Kier alpha value is -4.14. The van der Waals surface area contributed by atoms with E-state index >= 15 is 0 Å². The van der Waals surface area contributed by atoms with Crippen molar-refractivity contribution in [1.29, 1.82) is 0 Å². The Morgan fingerprint density at radius 2 is 1.77 bits per heavy atom. The Kier molecular flexibility index (Phi) is 5.17. The Morgan fingerprint density at radius 1 is 1.00 bits per heavy atom. The van der Waals surface area contributed by atoms with E-state index in [9.17, 15) is 18.8 Å². The molecule has 0 radical (unpaired) electrons. The topological polar surface area (TPSA) is 101 Å². The smallest absolute Gasteiger partial charge is 0.305 e. The molecule has 1 aliphatic heterocycles. The number of carbonyl (C=O) groups is 3. The zero-order chi connectivity index (χ0) is 21.1. The highest BCUT2D eigenvalue weighted by Gasteiger charge is 2.27. The summed E-state index contributed by atoms with van der Waals surface area (Å²) in [6.45, 7) is -0.486. The maximum absolute atomic E-state index is 13.8. The molecule has 3 aromatic rings. The summed E-state index contributed by atoms with van der Waals surface area (Å²) in [5, 5.41) is 0. The van der Waals surface area contributed by atoms with Crippen LogP contribution in [-0.2, 0) is 9.59 Å². The number of hydrazine groups is 1. The third-order valence-electron chi connectivity index (χ3n) is 4.39. The van der Waals surface area contributed by atoms with E-state index in [1.54, 1.807) is 36.4 Å². The van der Waals surface area contributed by atoms with E-state index in [-0.39, 0.29) is 36.1 Å². The van der Waals surface area contributed by atoms with Gasteiger partial charge in [0.2, 0.25) is 0 Å². The lowest BCUT2D eigenvalue weighted by Crippen LogP contribution is -2.49. The molecule has 1 aliphatic rings. The first-order chi connectivity index (χ1) is 14.5. The van der Waals surface area contributed by atoms with Gasteiger partial charge >= 0.3 is 5.91 Å². The molecule has 1 aromatic heterocycles. The maximum atomic E-state index is 13.8. The van der Waals surface area contributed by atoms with Crippen LogP contribution in [0.2, 0.25) is 0 Å². The summed E-state index contributed by atoms with van der Waals surface area (Å²) in [4.78, 5) is 37.8. The van der Waals surface area contributed by atoms with Gasteiger partial charge in [0.1, 0.15) is 23.9 Å². The van der Waals surface area contributed by atoms with Crippen LogP contribution in [0.1, 0.15) is 10.6 Å². The molecule has 2 heterocycles. The van der Waals surface area contributed by atoms with Gasteiger partial charge in [-0.1, -0.05) is 24.3 Å². The predicted molar refractivity (Wildman–Crippen MR) is 104 cm³/mol. The van der Waals surface area contributed by atoms with Crippen LogP contribution in [0.3, 0.4) is 0 Å². The quantitative estimate of drug-likeness (QED) is 0.644. The molecular weight excluding hydrogens is 393 g/mol. The number of hydrogen-bond acceptors (Lipinski definition) is 5. The molecule has 0 saturated heterocycles. The molecule has 2 aromatic carbocycles. The second kappa shape index (κ2) is 8.08. The average molecular weight is 409 g/mol. The second-order valence-electron chi connectivity index (χ2n) is 6.38. The standard InChI is InChI=1S/C21H16FN3O5/c22-14-6-2-1-5-13(14)16-9-10-18(30-16)21(28)24-23-19(26)11-25-15-7-3-4-8-17(15)29-12-20(25)27/h1-10H,11-12H2,(H,23,26)(H,24,28). The van der Waals surface area contributed by atoms with E-state index in [2.05, 4.69) is 10.9 Å². The van der Waals surface area contributed by atoms with Crippen molar-refractivity contribution in [3.8, 4) is 17.1 Å². The molecular formula is C21H16FN3O5. The highest BCUT2D eigenvalue weighted by atomic mass is 19.1. The largest absolute Gasteiger partial charge is 0.482 e. The molecule has 2 N–H and O–H groups in total. The Morgan fingerprint density at radius 3 is 2.60 bits per heavy atom. The SMILES string of the molecule is O=C(CN1C(=O)COc2ccccc21)NNC(=O)c1ccc(-c2ccccc2F)o1. The van der Waals surface area contributed by atoms with E-state index in [0.29, 0.717) is 11.4 Å². The monoisotopic (exact) mass is 409 g/mol. The summed E-state index contributed by atoms with van der Waals surface area (Å²) in [6.07, 6.45) is 0. The highest BCUT2D eigenvalue weighted by molar-refractivity contribution is 6.02. The lowest BCUT2D eigenvalue weighted by atomic mass is 10.1. The summed E-state index contributed by atoms with van der Waals surface area (Å²) in [5.41, 5.74) is 5.13. The summed E-state index contributed by atoms with van der Waals surface area (Å²) in [7, 11) is 0. The number of para-hydroxylation sites is 2. The predicted octanol–water partition coefficient (Wildman–Crippen LogP) is 2.27. The van der Waals surface area contributed by atoms with Gasteiger partial charge in [0.25, 0.3) is 11.8 Å². The highest BCUT2D eigenvalue weighted by Crippen LogP contribution is 2.31. The number of carbonyl (C=O) groups excluding carboxylic acids is 3. The molecule has 0 atom stereocenters. The first kappa shape index (κ1) is 19.2. The molecule has 152 valence electrons. The fourth-order valence-corrected chi connectivity index (χ4v) is 2.96. The van der Waals surface area contributed by atoms with Gasteiger partial charge < -0.3 is 9.15 Å². The van der Waals surface area contributed by atoms with Gasteiger partial charge in [-0.25, -0.2) is 4.39 Å². The van der Waals surface area contributed by atoms with Crippen molar-refractivity contribution in [1.82, 2.24) is 10.9 Å². The number of hydrogen-bond donors (Lipinski definition) is 2. The number of fused-ring (bicyclic) bond motifs is 1. The lowest BCUT2D eigenvalue weighted by Gasteiger charge is -2.28. The van der Waals surface area contributed by atoms with Gasteiger partial charge in [-0.2, -0.15) is 0 Å². The molecule has 0 aliphatic carbocycles.